The summed E-state index contributed by atoms with van der Waals surface area (Å²) in [4.78, 5) is 5.06. The first-order valence-corrected chi connectivity index (χ1v) is 10.6. The molecule has 2 atom stereocenters. The summed E-state index contributed by atoms with van der Waals surface area (Å²) in [5.41, 5.74) is 5.62. The lowest BCUT2D eigenvalue weighted by Gasteiger charge is -2.34. The van der Waals surface area contributed by atoms with E-state index in [1.165, 1.54) is 29.7 Å². The number of morpholine rings is 1. The number of ether oxygens (including phenoxy) is 1. The molecule has 5 rings (SSSR count). The third kappa shape index (κ3) is 3.47. The molecule has 0 radical (unpaired) electrons. The smallest absolute Gasteiger partial charge is 0.0642 e. The fraction of sp³-hybridized carbons (Fsp3) is 0.455. The van der Waals surface area contributed by atoms with E-state index in [0.29, 0.717) is 22.0 Å². The molecule has 27 heavy (non-hydrogen) atoms. The van der Waals surface area contributed by atoms with Crippen molar-refractivity contribution in [3.63, 3.8) is 0 Å². The van der Waals surface area contributed by atoms with E-state index in [0.717, 1.165) is 39.4 Å². The summed E-state index contributed by atoms with van der Waals surface area (Å²) in [5.74, 6) is 0.711. The molecule has 2 aromatic carbocycles. The van der Waals surface area contributed by atoms with Gasteiger partial charge in [0.15, 0.2) is 0 Å². The first kappa shape index (κ1) is 17.8. The van der Waals surface area contributed by atoms with Gasteiger partial charge in [0.1, 0.15) is 0 Å². The van der Waals surface area contributed by atoms with Crippen LogP contribution < -0.4 is 4.90 Å². The molecule has 0 aromatic heterocycles. The molecule has 2 saturated heterocycles. The van der Waals surface area contributed by atoms with Crippen LogP contribution in [0.5, 0.6) is 0 Å². The minimum Gasteiger partial charge on any atom is -0.378 e. The Balaban J connectivity index is 1.42. The molecular weight excluding hydrogens is 379 g/mol. The molecule has 2 aliphatic heterocycles. The van der Waals surface area contributed by atoms with E-state index in [1.807, 2.05) is 12.1 Å². The highest BCUT2D eigenvalue weighted by molar-refractivity contribution is 6.34. The van der Waals surface area contributed by atoms with Crippen LogP contribution in [0.4, 0.5) is 5.69 Å². The Bertz CT molecular complexity index is 830. The van der Waals surface area contributed by atoms with Gasteiger partial charge in [-0.05, 0) is 72.3 Å². The third-order valence-corrected chi connectivity index (χ3v) is 6.70. The Morgan fingerprint density at radius 1 is 0.926 bits per heavy atom. The van der Waals surface area contributed by atoms with E-state index < -0.39 is 0 Å². The Labute approximate surface area is 170 Å². The van der Waals surface area contributed by atoms with Crippen molar-refractivity contribution in [3.05, 3.63) is 63.1 Å². The second-order valence-corrected chi connectivity index (χ2v) is 8.77. The SMILES string of the molecule is Clc1cc(Cl)cc(CN2CCC3C[C@@H]2c2cc(N4CCOCC4)ccc23)c1. The molecule has 2 bridgehead atoms. The number of nitrogens with zero attached hydrogens (tertiary/aromatic N) is 2. The molecule has 2 fully saturated rings. The number of likely N-dealkylation sites (tertiary alicyclic amines) is 1. The predicted octanol–water partition coefficient (Wildman–Crippen LogP) is 5.26. The van der Waals surface area contributed by atoms with Gasteiger partial charge in [-0.25, -0.2) is 0 Å². The maximum atomic E-state index is 6.22. The molecule has 3 aliphatic rings. The quantitative estimate of drug-likeness (QED) is 0.695. The van der Waals surface area contributed by atoms with Gasteiger partial charge in [-0.3, -0.25) is 4.90 Å². The van der Waals surface area contributed by atoms with Crippen LogP contribution >= 0.6 is 23.2 Å². The van der Waals surface area contributed by atoms with Crippen LogP contribution in [0.1, 0.15) is 41.5 Å². The lowest BCUT2D eigenvalue weighted by molar-refractivity contribution is 0.122. The number of piperidine rings is 1. The number of halogens is 2. The van der Waals surface area contributed by atoms with Gasteiger partial charge in [-0.2, -0.15) is 0 Å². The Kier molecular flexibility index (Phi) is 4.81. The van der Waals surface area contributed by atoms with E-state index in [1.54, 1.807) is 11.6 Å². The maximum Gasteiger partial charge on any atom is 0.0642 e. The van der Waals surface area contributed by atoms with Crippen molar-refractivity contribution in [1.82, 2.24) is 4.90 Å². The number of hydrogen-bond acceptors (Lipinski definition) is 3. The van der Waals surface area contributed by atoms with Gasteiger partial charge in [0.05, 0.1) is 13.2 Å². The van der Waals surface area contributed by atoms with Crippen molar-refractivity contribution in [2.45, 2.75) is 31.3 Å². The summed E-state index contributed by atoms with van der Waals surface area (Å²) < 4.78 is 5.51. The third-order valence-electron chi connectivity index (χ3n) is 6.27. The second kappa shape index (κ2) is 7.29. The Morgan fingerprint density at radius 3 is 2.48 bits per heavy atom. The summed E-state index contributed by atoms with van der Waals surface area (Å²) in [7, 11) is 0. The van der Waals surface area contributed by atoms with Crippen LogP contribution in [0.3, 0.4) is 0 Å². The molecule has 0 N–H and O–H groups in total. The number of benzene rings is 2. The van der Waals surface area contributed by atoms with Gasteiger partial charge in [0.2, 0.25) is 0 Å². The number of hydrogen-bond donors (Lipinski definition) is 0. The van der Waals surface area contributed by atoms with Gasteiger partial charge in [0, 0.05) is 41.4 Å². The standard InChI is InChI=1S/C22H24Cl2N2O/c23-17-9-15(10-18(24)12-17)14-26-4-3-16-11-22(26)21-13-19(1-2-20(16)21)25-5-7-27-8-6-25/h1-2,9-10,12-13,16,22H,3-8,11,14H2/t16?,22-/m1/s1. The van der Waals surface area contributed by atoms with Gasteiger partial charge in [0.25, 0.3) is 0 Å². The molecule has 5 heteroatoms. The van der Waals surface area contributed by atoms with Crippen LogP contribution in [0.15, 0.2) is 36.4 Å². The number of anilines is 1. The lowest BCUT2D eigenvalue weighted by atomic mass is 9.95. The van der Waals surface area contributed by atoms with Crippen molar-refractivity contribution < 1.29 is 4.74 Å². The van der Waals surface area contributed by atoms with Crippen molar-refractivity contribution in [3.8, 4) is 0 Å². The summed E-state index contributed by atoms with van der Waals surface area (Å²) in [6, 6.07) is 13.5. The highest BCUT2D eigenvalue weighted by Gasteiger charge is 2.39. The minimum absolute atomic E-state index is 0.498. The Hall–Kier alpha value is -1.26. The Morgan fingerprint density at radius 2 is 1.70 bits per heavy atom. The summed E-state index contributed by atoms with van der Waals surface area (Å²) in [6.07, 6.45) is 2.46. The summed E-state index contributed by atoms with van der Waals surface area (Å²) in [5, 5.41) is 1.43. The minimum atomic E-state index is 0.498. The average molecular weight is 403 g/mol. The molecule has 2 heterocycles. The van der Waals surface area contributed by atoms with Crippen LogP contribution in [-0.4, -0.2) is 37.7 Å². The highest BCUT2D eigenvalue weighted by Crippen LogP contribution is 2.50. The normalized spacial score (nSPS) is 24.9. The topological polar surface area (TPSA) is 15.7 Å². The molecular formula is C22H24Cl2N2O. The first-order chi connectivity index (χ1) is 13.2. The molecule has 3 nitrogen and oxygen atoms in total. The maximum absolute atomic E-state index is 6.22. The van der Waals surface area contributed by atoms with Crippen LogP contribution in [-0.2, 0) is 11.3 Å². The van der Waals surface area contributed by atoms with Gasteiger partial charge < -0.3 is 9.64 Å². The van der Waals surface area contributed by atoms with Crippen LogP contribution in [0.2, 0.25) is 10.0 Å². The molecule has 0 amide bonds. The van der Waals surface area contributed by atoms with E-state index in [4.69, 9.17) is 27.9 Å². The number of fused-ring (bicyclic) bond motifs is 5. The monoisotopic (exact) mass is 402 g/mol. The fourth-order valence-electron chi connectivity index (χ4n) is 4.99. The second-order valence-electron chi connectivity index (χ2n) is 7.90. The molecule has 142 valence electrons. The fourth-order valence-corrected chi connectivity index (χ4v) is 5.56. The van der Waals surface area contributed by atoms with Crippen LogP contribution in [0, 0.1) is 0 Å². The summed E-state index contributed by atoms with van der Waals surface area (Å²) >= 11 is 12.4. The zero-order chi connectivity index (χ0) is 18.4. The van der Waals surface area contributed by atoms with Crippen molar-refractivity contribution in [1.29, 1.82) is 0 Å². The molecule has 0 spiro atoms. The van der Waals surface area contributed by atoms with Crippen molar-refractivity contribution >= 4 is 28.9 Å². The van der Waals surface area contributed by atoms with Gasteiger partial charge in [-0.1, -0.05) is 29.3 Å². The largest absolute Gasteiger partial charge is 0.378 e. The van der Waals surface area contributed by atoms with Gasteiger partial charge in [-0.15, -0.1) is 0 Å². The van der Waals surface area contributed by atoms with E-state index in [9.17, 15) is 0 Å². The van der Waals surface area contributed by atoms with Crippen LogP contribution in [0.25, 0.3) is 0 Å². The number of rotatable bonds is 3. The zero-order valence-electron chi connectivity index (χ0n) is 15.3. The zero-order valence-corrected chi connectivity index (χ0v) is 16.8. The van der Waals surface area contributed by atoms with Crippen molar-refractivity contribution in [2.75, 3.05) is 37.7 Å². The van der Waals surface area contributed by atoms with Gasteiger partial charge >= 0.3 is 0 Å². The predicted molar refractivity (Wildman–Crippen MR) is 111 cm³/mol. The van der Waals surface area contributed by atoms with E-state index >= 15 is 0 Å². The highest BCUT2D eigenvalue weighted by atomic mass is 35.5. The average Bonchev–Trinajstić information content (AvgIpc) is 2.97. The summed E-state index contributed by atoms with van der Waals surface area (Å²) in [6.45, 7) is 5.64. The van der Waals surface area contributed by atoms with E-state index in [-0.39, 0.29) is 0 Å². The molecule has 2 aromatic rings. The van der Waals surface area contributed by atoms with Crippen molar-refractivity contribution in [2.24, 2.45) is 0 Å². The molecule has 1 aliphatic carbocycles. The first-order valence-electron chi connectivity index (χ1n) is 9.83. The lowest BCUT2D eigenvalue weighted by Crippen LogP contribution is -2.36. The molecule has 1 unspecified atom stereocenters. The molecule has 0 saturated carbocycles. The van der Waals surface area contributed by atoms with E-state index in [2.05, 4.69) is 28.0 Å².